The monoisotopic (exact) mass is 448 g/mol. The van der Waals surface area contributed by atoms with Gasteiger partial charge in [0.05, 0.1) is 5.56 Å². The summed E-state index contributed by atoms with van der Waals surface area (Å²) < 4.78 is 40.7. The molecular weight excluding hydrogens is 425 g/mol. The van der Waals surface area contributed by atoms with Gasteiger partial charge in [-0.15, -0.1) is 0 Å². The number of carbonyl (C=O) groups is 3. The molecule has 0 saturated carbocycles. The number of hydrogen-bond acceptors (Lipinski definition) is 3. The summed E-state index contributed by atoms with van der Waals surface area (Å²) >= 11 is 0. The van der Waals surface area contributed by atoms with Gasteiger partial charge in [0.25, 0.3) is 0 Å². The van der Waals surface area contributed by atoms with Crippen molar-refractivity contribution in [1.29, 1.82) is 0 Å². The number of rotatable bonds is 4. The Labute approximate surface area is 183 Å². The minimum absolute atomic E-state index is 0.0275. The number of hydrogen-bond donors (Lipinski definition) is 3. The van der Waals surface area contributed by atoms with E-state index < -0.39 is 29.7 Å². The van der Waals surface area contributed by atoms with Gasteiger partial charge in [-0.3, -0.25) is 9.59 Å². The van der Waals surface area contributed by atoms with Crippen molar-refractivity contribution in [2.75, 3.05) is 23.7 Å². The number of amides is 4. The standard InChI is InChI=1S/C22H23F3N4O3/c1-3-18(30)27-14-9-8-13(2)17(12-14)28-21(32)29-11-10-26-20(31)19(29)15-6-4-5-7-16(15)22(23,24)25/h4-9,12,19H,3,10-11H2,1-2H3,(H,26,31)(H,27,30)(H,28,32)/t19-/m1/s1. The largest absolute Gasteiger partial charge is 0.416 e. The fourth-order valence-corrected chi connectivity index (χ4v) is 3.46. The van der Waals surface area contributed by atoms with E-state index in [0.29, 0.717) is 16.9 Å². The first kappa shape index (κ1) is 23.1. The zero-order valence-electron chi connectivity index (χ0n) is 17.5. The summed E-state index contributed by atoms with van der Waals surface area (Å²) in [5.74, 6) is -0.897. The van der Waals surface area contributed by atoms with Crippen molar-refractivity contribution in [3.05, 3.63) is 59.2 Å². The van der Waals surface area contributed by atoms with Crippen LogP contribution in [0.3, 0.4) is 0 Å². The van der Waals surface area contributed by atoms with E-state index in [1.165, 1.54) is 18.2 Å². The average molecular weight is 448 g/mol. The van der Waals surface area contributed by atoms with E-state index >= 15 is 0 Å². The molecule has 170 valence electrons. The van der Waals surface area contributed by atoms with Crippen LogP contribution in [0.4, 0.5) is 29.3 Å². The van der Waals surface area contributed by atoms with Crippen LogP contribution in [0.5, 0.6) is 0 Å². The molecule has 0 unspecified atom stereocenters. The fourth-order valence-electron chi connectivity index (χ4n) is 3.46. The first-order valence-corrected chi connectivity index (χ1v) is 10.0. The van der Waals surface area contributed by atoms with Gasteiger partial charge >= 0.3 is 12.2 Å². The zero-order chi connectivity index (χ0) is 23.5. The van der Waals surface area contributed by atoms with E-state index in [1.807, 2.05) is 0 Å². The van der Waals surface area contributed by atoms with Crippen LogP contribution >= 0.6 is 0 Å². The van der Waals surface area contributed by atoms with E-state index in [-0.39, 0.29) is 31.0 Å². The third-order valence-corrected chi connectivity index (χ3v) is 5.12. The molecule has 32 heavy (non-hydrogen) atoms. The maximum atomic E-state index is 13.6. The normalized spacial score (nSPS) is 16.3. The van der Waals surface area contributed by atoms with Crippen LogP contribution in [0.2, 0.25) is 0 Å². The van der Waals surface area contributed by atoms with Gasteiger partial charge in [0.15, 0.2) is 0 Å². The van der Waals surface area contributed by atoms with Crippen LogP contribution in [0.25, 0.3) is 0 Å². The lowest BCUT2D eigenvalue weighted by molar-refractivity contribution is -0.139. The molecule has 1 aliphatic rings. The first-order chi connectivity index (χ1) is 15.1. The Kier molecular flexibility index (Phi) is 6.71. The molecule has 10 heteroatoms. The van der Waals surface area contributed by atoms with Gasteiger partial charge in [-0.1, -0.05) is 31.2 Å². The molecule has 2 aromatic rings. The summed E-state index contributed by atoms with van der Waals surface area (Å²) in [6.45, 7) is 3.58. The summed E-state index contributed by atoms with van der Waals surface area (Å²) in [5, 5.41) is 7.88. The predicted octanol–water partition coefficient (Wildman–Crippen LogP) is 4.07. The molecule has 7 nitrogen and oxygen atoms in total. The van der Waals surface area contributed by atoms with Crippen LogP contribution in [0.1, 0.15) is 36.1 Å². The molecule has 0 aromatic heterocycles. The average Bonchev–Trinajstić information content (AvgIpc) is 2.75. The van der Waals surface area contributed by atoms with Gasteiger partial charge in [0.1, 0.15) is 6.04 Å². The number of benzene rings is 2. The fraction of sp³-hybridized carbons (Fsp3) is 0.318. The summed E-state index contributed by atoms with van der Waals surface area (Å²) in [6, 6.07) is 7.48. The molecule has 4 amide bonds. The van der Waals surface area contributed by atoms with Gasteiger partial charge in [-0.25, -0.2) is 4.79 Å². The Morgan fingerprint density at radius 2 is 1.88 bits per heavy atom. The van der Waals surface area contributed by atoms with Crippen molar-refractivity contribution >= 4 is 29.2 Å². The highest BCUT2D eigenvalue weighted by atomic mass is 19.4. The molecule has 1 heterocycles. The van der Waals surface area contributed by atoms with Crippen molar-refractivity contribution in [2.24, 2.45) is 0 Å². The molecule has 0 spiro atoms. The zero-order valence-corrected chi connectivity index (χ0v) is 17.5. The van der Waals surface area contributed by atoms with Gasteiger partial charge < -0.3 is 20.9 Å². The van der Waals surface area contributed by atoms with E-state index in [4.69, 9.17) is 0 Å². The second-order valence-electron chi connectivity index (χ2n) is 7.33. The molecule has 1 fully saturated rings. The number of nitrogens with zero attached hydrogens (tertiary/aromatic N) is 1. The third-order valence-electron chi connectivity index (χ3n) is 5.12. The molecule has 0 aliphatic carbocycles. The van der Waals surface area contributed by atoms with Gasteiger partial charge in [-0.2, -0.15) is 13.2 Å². The number of urea groups is 1. The van der Waals surface area contributed by atoms with Gasteiger partial charge in [0, 0.05) is 30.9 Å². The lowest BCUT2D eigenvalue weighted by Gasteiger charge is -2.36. The summed E-state index contributed by atoms with van der Waals surface area (Å²) in [4.78, 5) is 38.4. The Hall–Kier alpha value is -3.56. The Bertz CT molecular complexity index is 1040. The lowest BCUT2D eigenvalue weighted by Crippen LogP contribution is -2.53. The molecule has 1 saturated heterocycles. The molecule has 0 bridgehead atoms. The smallest absolute Gasteiger partial charge is 0.352 e. The Balaban J connectivity index is 1.92. The first-order valence-electron chi connectivity index (χ1n) is 10.0. The minimum atomic E-state index is -4.68. The highest BCUT2D eigenvalue weighted by molar-refractivity contribution is 5.97. The third kappa shape index (κ3) is 5.01. The number of halogens is 3. The molecule has 2 aromatic carbocycles. The SMILES string of the molecule is CCC(=O)Nc1ccc(C)c(NC(=O)N2CCNC(=O)[C@H]2c2ccccc2C(F)(F)F)c1. The van der Waals surface area contributed by atoms with Crippen LogP contribution in [0.15, 0.2) is 42.5 Å². The number of piperazine rings is 1. The molecular formula is C22H23F3N4O3. The second-order valence-corrected chi connectivity index (χ2v) is 7.33. The van der Waals surface area contributed by atoms with Crippen molar-refractivity contribution in [3.63, 3.8) is 0 Å². The topological polar surface area (TPSA) is 90.5 Å². The van der Waals surface area contributed by atoms with E-state index in [2.05, 4.69) is 16.0 Å². The Morgan fingerprint density at radius 1 is 1.16 bits per heavy atom. The summed E-state index contributed by atoms with van der Waals surface area (Å²) in [7, 11) is 0. The van der Waals surface area contributed by atoms with Crippen LogP contribution in [-0.4, -0.2) is 35.8 Å². The maximum Gasteiger partial charge on any atom is 0.416 e. The molecule has 0 radical (unpaired) electrons. The van der Waals surface area contributed by atoms with Gasteiger partial charge in [-0.05, 0) is 36.2 Å². The molecule has 3 N–H and O–H groups in total. The van der Waals surface area contributed by atoms with Crippen molar-refractivity contribution in [2.45, 2.75) is 32.5 Å². The predicted molar refractivity (Wildman–Crippen MR) is 113 cm³/mol. The van der Waals surface area contributed by atoms with Crippen molar-refractivity contribution in [3.8, 4) is 0 Å². The molecule has 3 rings (SSSR count). The summed E-state index contributed by atoms with van der Waals surface area (Å²) in [6.07, 6.45) is -4.41. The Morgan fingerprint density at radius 3 is 2.56 bits per heavy atom. The van der Waals surface area contributed by atoms with E-state index in [9.17, 15) is 27.6 Å². The number of carbonyl (C=O) groups excluding carboxylic acids is 3. The van der Waals surface area contributed by atoms with E-state index in [0.717, 1.165) is 11.0 Å². The van der Waals surface area contributed by atoms with Crippen molar-refractivity contribution < 1.29 is 27.6 Å². The van der Waals surface area contributed by atoms with Gasteiger partial charge in [0.2, 0.25) is 11.8 Å². The summed E-state index contributed by atoms with van der Waals surface area (Å²) in [5.41, 5.74) is 0.251. The lowest BCUT2D eigenvalue weighted by atomic mass is 9.96. The van der Waals surface area contributed by atoms with Crippen LogP contribution in [0, 0.1) is 6.92 Å². The highest BCUT2D eigenvalue weighted by Crippen LogP contribution is 2.37. The second kappa shape index (κ2) is 9.29. The van der Waals surface area contributed by atoms with E-state index in [1.54, 1.807) is 32.0 Å². The number of alkyl halides is 3. The number of aryl methyl sites for hydroxylation is 1. The quantitative estimate of drug-likeness (QED) is 0.659. The number of anilines is 2. The highest BCUT2D eigenvalue weighted by Gasteiger charge is 2.41. The minimum Gasteiger partial charge on any atom is -0.352 e. The molecule has 1 atom stereocenters. The van der Waals surface area contributed by atoms with Crippen molar-refractivity contribution in [1.82, 2.24) is 10.2 Å². The number of nitrogens with one attached hydrogen (secondary N) is 3. The molecule has 1 aliphatic heterocycles. The van der Waals surface area contributed by atoms with Crippen LogP contribution in [-0.2, 0) is 15.8 Å². The maximum absolute atomic E-state index is 13.6. The van der Waals surface area contributed by atoms with Crippen LogP contribution < -0.4 is 16.0 Å².